The third-order valence-electron chi connectivity index (χ3n) is 7.39. The van der Waals surface area contributed by atoms with E-state index in [9.17, 15) is 37.3 Å². The summed E-state index contributed by atoms with van der Waals surface area (Å²) in [6, 6.07) is 24.3. The second-order valence-corrected chi connectivity index (χ2v) is 15.1. The van der Waals surface area contributed by atoms with Crippen molar-refractivity contribution in [3.8, 4) is 23.0 Å². The molecule has 0 aliphatic rings. The molecule has 54 heavy (non-hydrogen) atoms. The Morgan fingerprint density at radius 3 is 1.22 bits per heavy atom. The topological polar surface area (TPSA) is 234 Å². The summed E-state index contributed by atoms with van der Waals surface area (Å²) in [6.07, 6.45) is 0. The molecule has 0 bridgehead atoms. The Hall–Kier alpha value is -3.85. The van der Waals surface area contributed by atoms with Gasteiger partial charge in [0.05, 0.1) is 32.8 Å². The van der Waals surface area contributed by atoms with E-state index in [1.54, 1.807) is 36.4 Å². The fourth-order valence-corrected chi connectivity index (χ4v) is 7.24. The third kappa shape index (κ3) is 9.87. The predicted molar refractivity (Wildman–Crippen MR) is 189 cm³/mol. The molecule has 0 heterocycles. The average Bonchev–Trinajstić information content (AvgIpc) is 3.13. The van der Waals surface area contributed by atoms with E-state index in [-0.39, 0.29) is 100 Å². The van der Waals surface area contributed by atoms with Crippen LogP contribution in [0.15, 0.2) is 127 Å². The van der Waals surface area contributed by atoms with Crippen molar-refractivity contribution in [3.05, 3.63) is 107 Å². The van der Waals surface area contributed by atoms with E-state index in [1.165, 1.54) is 26.2 Å². The van der Waals surface area contributed by atoms with E-state index in [1.807, 2.05) is 24.3 Å². The minimum Gasteiger partial charge on any atom is -0.871 e. The van der Waals surface area contributed by atoms with Gasteiger partial charge in [0.25, 0.3) is 0 Å². The molecule has 6 rings (SSSR count). The first-order valence-corrected chi connectivity index (χ1v) is 18.5. The molecule has 6 aromatic carbocycles. The van der Waals surface area contributed by atoms with Crippen LogP contribution in [0.25, 0.3) is 21.5 Å². The largest absolute Gasteiger partial charge is 1.00 e. The van der Waals surface area contributed by atoms with Gasteiger partial charge < -0.3 is 20.4 Å². The summed E-state index contributed by atoms with van der Waals surface area (Å²) in [5.41, 5.74) is -0.161. The monoisotopic (exact) mass is 860 g/mol. The van der Waals surface area contributed by atoms with Crippen LogP contribution in [0.5, 0.6) is 23.0 Å². The van der Waals surface area contributed by atoms with Gasteiger partial charge in [-0.1, -0.05) is 119 Å². The molecule has 277 valence electrons. The van der Waals surface area contributed by atoms with E-state index >= 15 is 0 Å². The van der Waals surface area contributed by atoms with Crippen molar-refractivity contribution in [2.45, 2.75) is 9.79 Å². The van der Waals surface area contributed by atoms with Crippen molar-refractivity contribution in [1.29, 1.82) is 0 Å². The van der Waals surface area contributed by atoms with E-state index in [4.69, 9.17) is 23.2 Å². The van der Waals surface area contributed by atoms with Crippen LogP contribution in [-0.4, -0.2) is 30.9 Å². The maximum absolute atomic E-state index is 12.1. The van der Waals surface area contributed by atoms with Gasteiger partial charge in [0, 0.05) is 27.6 Å². The smallest absolute Gasteiger partial charge is 0.871 e. The molecule has 6 aromatic rings. The van der Waals surface area contributed by atoms with Crippen molar-refractivity contribution in [2.24, 2.45) is 20.5 Å². The van der Waals surface area contributed by atoms with E-state index in [0.29, 0.717) is 10.8 Å². The first-order valence-electron chi connectivity index (χ1n) is 14.8. The van der Waals surface area contributed by atoms with Gasteiger partial charge in [0.15, 0.2) is 0 Å². The number of rotatable bonds is 8. The first-order chi connectivity index (χ1) is 24.7. The predicted octanol–water partition coefficient (Wildman–Crippen LogP) is 2.93. The molecular weight excluding hydrogens is 837 g/mol. The molecule has 0 fully saturated rings. The molecular formula is C34H24Cl2CoN6NaO8S2-3. The van der Waals surface area contributed by atoms with Crippen LogP contribution in [0, 0.1) is 0 Å². The van der Waals surface area contributed by atoms with Crippen molar-refractivity contribution >= 4 is 87.5 Å². The van der Waals surface area contributed by atoms with Crippen molar-refractivity contribution in [2.75, 3.05) is 14.1 Å². The molecule has 0 aromatic heterocycles. The van der Waals surface area contributed by atoms with Crippen LogP contribution >= 0.6 is 23.2 Å². The quantitative estimate of drug-likeness (QED) is 0.170. The number of fused-ring (bicyclic) bond motifs is 2. The molecule has 0 aliphatic carbocycles. The maximum atomic E-state index is 12.1. The Morgan fingerprint density at radius 1 is 0.519 bits per heavy atom. The van der Waals surface area contributed by atoms with Gasteiger partial charge in [-0.15, -0.1) is 0 Å². The van der Waals surface area contributed by atoms with Gasteiger partial charge in [-0.3, -0.25) is 0 Å². The van der Waals surface area contributed by atoms with Gasteiger partial charge >= 0.3 is 29.6 Å². The number of benzene rings is 6. The zero-order valence-electron chi connectivity index (χ0n) is 28.2. The van der Waals surface area contributed by atoms with Crippen molar-refractivity contribution < 1.29 is 83.6 Å². The fourth-order valence-electron chi connectivity index (χ4n) is 4.72. The Kier molecular flexibility index (Phi) is 15.4. The summed E-state index contributed by atoms with van der Waals surface area (Å²) in [5.74, 6) is -2.06. The summed E-state index contributed by atoms with van der Waals surface area (Å²) < 4.78 is 51.5. The normalized spacial score (nSPS) is 11.6. The first kappa shape index (κ1) is 44.5. The van der Waals surface area contributed by atoms with E-state index < -0.39 is 31.5 Å². The van der Waals surface area contributed by atoms with Crippen LogP contribution < -0.4 is 59.4 Å². The molecule has 0 saturated carbocycles. The van der Waals surface area contributed by atoms with E-state index in [2.05, 4.69) is 29.9 Å². The summed E-state index contributed by atoms with van der Waals surface area (Å²) in [5, 5.41) is 66.3. The molecule has 14 nitrogen and oxygen atoms in total. The summed E-state index contributed by atoms with van der Waals surface area (Å²) in [4.78, 5) is -0.694. The number of halogens is 2. The molecule has 2 N–H and O–H groups in total. The number of hydrogen-bond donors (Lipinski definition) is 2. The van der Waals surface area contributed by atoms with Gasteiger partial charge in [0.1, 0.15) is 9.79 Å². The number of azo groups is 2. The number of hydrogen-bond acceptors (Lipinski definition) is 12. The zero-order chi connectivity index (χ0) is 37.8. The molecule has 0 spiro atoms. The second kappa shape index (κ2) is 18.7. The Labute approximate surface area is 352 Å². The minimum atomic E-state index is -3.87. The Bertz CT molecular complexity index is 2460. The SMILES string of the molecule is CNS(=O)(=O)c1cc([O-])c(N=Nc2c([O-])ccc3ccccc23)cc1Cl.CNS(=O)(=O)c1cc([O-])c(N=Nc2c([O-])ccc3ccccc23)cc1Cl.[Co].[Na+]. The van der Waals surface area contributed by atoms with Crippen molar-refractivity contribution in [3.63, 3.8) is 0 Å². The van der Waals surface area contributed by atoms with Gasteiger partial charge in [0.2, 0.25) is 20.0 Å². The average molecular weight is 862 g/mol. The molecule has 20 heteroatoms. The third-order valence-corrected chi connectivity index (χ3v) is 11.1. The van der Waals surface area contributed by atoms with Gasteiger partial charge in [-0.2, -0.15) is 20.5 Å². The second-order valence-electron chi connectivity index (χ2n) is 10.6. The molecule has 0 aliphatic heterocycles. The summed E-state index contributed by atoms with van der Waals surface area (Å²) in [6.45, 7) is 0. The minimum absolute atomic E-state index is 0. The van der Waals surface area contributed by atoms with Crippen LogP contribution in [0.4, 0.5) is 22.7 Å². The molecule has 0 saturated heterocycles. The Morgan fingerprint density at radius 2 is 0.870 bits per heavy atom. The van der Waals surface area contributed by atoms with Crippen LogP contribution in [0.1, 0.15) is 0 Å². The summed E-state index contributed by atoms with van der Waals surface area (Å²) in [7, 11) is -5.33. The van der Waals surface area contributed by atoms with Crippen LogP contribution in [-0.2, 0) is 36.8 Å². The van der Waals surface area contributed by atoms with E-state index in [0.717, 1.165) is 35.0 Å². The number of nitrogens with one attached hydrogen (secondary N) is 2. The summed E-state index contributed by atoms with van der Waals surface area (Å²) >= 11 is 11.9. The van der Waals surface area contributed by atoms with Crippen molar-refractivity contribution in [1.82, 2.24) is 9.44 Å². The van der Waals surface area contributed by atoms with Gasteiger partial charge in [-0.25, -0.2) is 26.3 Å². The standard InChI is InChI=1S/2C17H14ClN3O4S.Co.Na/c2*1-19-26(24,25)16-9-15(23)13(8-12(16)18)20-21-17-11-5-3-2-4-10(11)6-7-14(17)22;;/h2*2-9,19,22-23H,1H3;;/q;;;+1/p-4. The molecule has 1 radical (unpaired) electrons. The molecule has 0 amide bonds. The fraction of sp³-hybridized carbons (Fsp3) is 0.0588. The van der Waals surface area contributed by atoms with Gasteiger partial charge in [-0.05, 0) is 49.1 Å². The van der Waals surface area contributed by atoms with Crippen LogP contribution in [0.2, 0.25) is 10.0 Å². The maximum Gasteiger partial charge on any atom is 1.00 e. The zero-order valence-corrected chi connectivity index (χ0v) is 34.4. The Balaban J connectivity index is 0.000000280. The number of sulfonamides is 2. The number of nitrogens with zero attached hydrogens (tertiary/aromatic N) is 4. The van der Waals surface area contributed by atoms with Crippen LogP contribution in [0.3, 0.4) is 0 Å². The molecule has 0 atom stereocenters. The molecule has 0 unspecified atom stereocenters.